The van der Waals surface area contributed by atoms with E-state index in [-0.39, 0.29) is 11.4 Å². The fraction of sp³-hybridized carbons (Fsp3) is 0.333. The van der Waals surface area contributed by atoms with Crippen LogP contribution in [0.15, 0.2) is 29.6 Å². The second kappa shape index (κ2) is 5.94. The van der Waals surface area contributed by atoms with Crippen LogP contribution < -0.4 is 5.32 Å². The smallest absolute Gasteiger partial charge is 0.226 e. The maximum Gasteiger partial charge on any atom is 0.226 e. The molecular weight excluding hydrogens is 292 g/mol. The average Bonchev–Trinajstić information content (AvgIpc) is 2.75. The quantitative estimate of drug-likeness (QED) is 0.933. The molecule has 0 saturated heterocycles. The van der Waals surface area contributed by atoms with E-state index < -0.39 is 0 Å². The van der Waals surface area contributed by atoms with Crippen LogP contribution in [0.5, 0.6) is 0 Å². The molecule has 0 aliphatic heterocycles. The molecule has 1 amide bonds. The minimum Gasteiger partial charge on any atom is -0.351 e. The highest BCUT2D eigenvalue weighted by Gasteiger charge is 2.15. The van der Waals surface area contributed by atoms with Crippen molar-refractivity contribution in [1.82, 2.24) is 10.3 Å². The molecular formula is C15H17ClN2OS. The molecule has 0 saturated carbocycles. The molecule has 0 bridgehead atoms. The maximum atomic E-state index is 11.9. The predicted octanol–water partition coefficient (Wildman–Crippen LogP) is 3.92. The van der Waals surface area contributed by atoms with E-state index in [1.807, 2.05) is 50.4 Å². The Bertz CT molecular complexity index is 599. The third-order valence-corrected chi connectivity index (χ3v) is 3.69. The number of aromatic nitrogens is 1. The van der Waals surface area contributed by atoms with E-state index >= 15 is 0 Å². The molecule has 0 spiro atoms. The molecule has 2 rings (SSSR count). The van der Waals surface area contributed by atoms with Gasteiger partial charge in [0.2, 0.25) is 5.91 Å². The van der Waals surface area contributed by atoms with Crippen LogP contribution in [0.2, 0.25) is 5.02 Å². The average molecular weight is 309 g/mol. The number of hydrogen-bond acceptors (Lipinski definition) is 3. The standard InChI is InChI=1S/C15H17ClN2OS/c1-15(2,3)18-13(19)8-12-9-20-14(17-12)10-4-6-11(16)7-5-10/h4-7,9H,8H2,1-3H3,(H,18,19). The van der Waals surface area contributed by atoms with Gasteiger partial charge in [0.05, 0.1) is 12.1 Å². The fourth-order valence-corrected chi connectivity index (χ4v) is 2.69. The SMILES string of the molecule is CC(C)(C)NC(=O)Cc1csc(-c2ccc(Cl)cc2)n1. The number of halogens is 1. The third-order valence-electron chi connectivity index (χ3n) is 2.50. The Morgan fingerprint density at radius 3 is 2.55 bits per heavy atom. The minimum atomic E-state index is -0.216. The Morgan fingerprint density at radius 2 is 1.95 bits per heavy atom. The molecule has 2 aromatic rings. The van der Waals surface area contributed by atoms with Gasteiger partial charge in [-0.25, -0.2) is 4.98 Å². The summed E-state index contributed by atoms with van der Waals surface area (Å²) in [5, 5.41) is 6.46. The number of benzene rings is 1. The van der Waals surface area contributed by atoms with Crippen LogP contribution in [0, 0.1) is 0 Å². The van der Waals surface area contributed by atoms with Gasteiger partial charge >= 0.3 is 0 Å². The van der Waals surface area contributed by atoms with Crippen LogP contribution in [0.25, 0.3) is 10.6 Å². The topological polar surface area (TPSA) is 42.0 Å². The summed E-state index contributed by atoms with van der Waals surface area (Å²) >= 11 is 7.40. The highest BCUT2D eigenvalue weighted by Crippen LogP contribution is 2.25. The summed E-state index contributed by atoms with van der Waals surface area (Å²) in [7, 11) is 0. The first kappa shape index (κ1) is 15.0. The number of carbonyl (C=O) groups excluding carboxylic acids is 1. The van der Waals surface area contributed by atoms with E-state index in [0.29, 0.717) is 11.4 Å². The van der Waals surface area contributed by atoms with Gasteiger partial charge < -0.3 is 5.32 Å². The Hall–Kier alpha value is -1.39. The molecule has 0 fully saturated rings. The Kier molecular flexibility index (Phi) is 4.45. The summed E-state index contributed by atoms with van der Waals surface area (Å²) in [5.41, 5.74) is 1.59. The number of rotatable bonds is 3. The molecule has 0 aliphatic rings. The minimum absolute atomic E-state index is 0.00884. The van der Waals surface area contributed by atoms with Crippen molar-refractivity contribution in [3.63, 3.8) is 0 Å². The summed E-state index contributed by atoms with van der Waals surface area (Å²) in [6.45, 7) is 5.89. The number of thiazole rings is 1. The van der Waals surface area contributed by atoms with Crippen LogP contribution in [0.1, 0.15) is 26.5 Å². The molecule has 5 heteroatoms. The first-order valence-corrected chi connectivity index (χ1v) is 7.60. The molecule has 20 heavy (non-hydrogen) atoms. The Labute approximate surface area is 128 Å². The lowest BCUT2D eigenvalue weighted by molar-refractivity contribution is -0.121. The molecule has 106 valence electrons. The van der Waals surface area contributed by atoms with Gasteiger partial charge in [0.15, 0.2) is 0 Å². The number of hydrogen-bond donors (Lipinski definition) is 1. The predicted molar refractivity (Wildman–Crippen MR) is 84.2 cm³/mol. The van der Waals surface area contributed by atoms with Crippen molar-refractivity contribution >= 4 is 28.8 Å². The van der Waals surface area contributed by atoms with Gasteiger partial charge in [-0.1, -0.05) is 23.7 Å². The molecule has 1 heterocycles. The first-order chi connectivity index (χ1) is 9.33. The van der Waals surface area contributed by atoms with Crippen LogP contribution in [0.4, 0.5) is 0 Å². The Morgan fingerprint density at radius 1 is 1.30 bits per heavy atom. The van der Waals surface area contributed by atoms with E-state index in [2.05, 4.69) is 10.3 Å². The zero-order valence-electron chi connectivity index (χ0n) is 11.7. The molecule has 0 aliphatic carbocycles. The monoisotopic (exact) mass is 308 g/mol. The lowest BCUT2D eigenvalue weighted by Gasteiger charge is -2.20. The summed E-state index contributed by atoms with van der Waals surface area (Å²) in [6.07, 6.45) is 0.307. The van der Waals surface area contributed by atoms with Crippen molar-refractivity contribution in [3.05, 3.63) is 40.4 Å². The summed E-state index contributed by atoms with van der Waals surface area (Å²) in [5.74, 6) is -0.00884. The molecule has 3 nitrogen and oxygen atoms in total. The van der Waals surface area contributed by atoms with Crippen LogP contribution >= 0.6 is 22.9 Å². The van der Waals surface area contributed by atoms with Gasteiger partial charge in [0.1, 0.15) is 5.01 Å². The van der Waals surface area contributed by atoms with Crippen molar-refractivity contribution in [2.75, 3.05) is 0 Å². The van der Waals surface area contributed by atoms with Gasteiger partial charge in [-0.15, -0.1) is 11.3 Å². The number of nitrogens with one attached hydrogen (secondary N) is 1. The van der Waals surface area contributed by atoms with Gasteiger partial charge in [-0.2, -0.15) is 0 Å². The zero-order valence-corrected chi connectivity index (χ0v) is 13.3. The largest absolute Gasteiger partial charge is 0.351 e. The lowest BCUT2D eigenvalue weighted by Crippen LogP contribution is -2.41. The van der Waals surface area contributed by atoms with Crippen molar-refractivity contribution in [2.24, 2.45) is 0 Å². The molecule has 1 aromatic carbocycles. The van der Waals surface area contributed by atoms with Crippen molar-refractivity contribution in [2.45, 2.75) is 32.7 Å². The molecule has 0 unspecified atom stereocenters. The van der Waals surface area contributed by atoms with E-state index in [9.17, 15) is 4.79 Å². The second-order valence-corrected chi connectivity index (χ2v) is 6.92. The van der Waals surface area contributed by atoms with Crippen molar-refractivity contribution in [1.29, 1.82) is 0 Å². The van der Waals surface area contributed by atoms with E-state index in [1.165, 1.54) is 11.3 Å². The van der Waals surface area contributed by atoms with E-state index in [0.717, 1.165) is 16.3 Å². The van der Waals surface area contributed by atoms with Crippen molar-refractivity contribution < 1.29 is 4.79 Å². The number of nitrogens with zero attached hydrogens (tertiary/aromatic N) is 1. The second-order valence-electron chi connectivity index (χ2n) is 5.63. The molecule has 1 aromatic heterocycles. The van der Waals surface area contributed by atoms with Gasteiger partial charge in [0.25, 0.3) is 0 Å². The molecule has 0 radical (unpaired) electrons. The van der Waals surface area contributed by atoms with E-state index in [4.69, 9.17) is 11.6 Å². The fourth-order valence-electron chi connectivity index (χ4n) is 1.74. The Balaban J connectivity index is 2.06. The lowest BCUT2D eigenvalue weighted by atomic mass is 10.1. The highest BCUT2D eigenvalue weighted by atomic mass is 35.5. The normalized spacial score (nSPS) is 11.4. The summed E-state index contributed by atoms with van der Waals surface area (Å²) in [6, 6.07) is 7.54. The zero-order chi connectivity index (χ0) is 14.8. The first-order valence-electron chi connectivity index (χ1n) is 6.35. The summed E-state index contributed by atoms with van der Waals surface area (Å²) < 4.78 is 0. The maximum absolute atomic E-state index is 11.9. The molecule has 1 N–H and O–H groups in total. The highest BCUT2D eigenvalue weighted by molar-refractivity contribution is 7.13. The van der Waals surface area contributed by atoms with Crippen LogP contribution in [-0.4, -0.2) is 16.4 Å². The van der Waals surface area contributed by atoms with Gasteiger partial charge in [-0.3, -0.25) is 4.79 Å². The van der Waals surface area contributed by atoms with Crippen LogP contribution in [-0.2, 0) is 11.2 Å². The molecule has 0 atom stereocenters. The number of carbonyl (C=O) groups is 1. The van der Waals surface area contributed by atoms with Gasteiger partial charge in [-0.05, 0) is 32.9 Å². The van der Waals surface area contributed by atoms with Crippen LogP contribution in [0.3, 0.4) is 0 Å². The third kappa shape index (κ3) is 4.32. The van der Waals surface area contributed by atoms with Crippen molar-refractivity contribution in [3.8, 4) is 10.6 Å². The number of amides is 1. The van der Waals surface area contributed by atoms with Gasteiger partial charge in [0, 0.05) is 21.5 Å². The van der Waals surface area contributed by atoms with E-state index in [1.54, 1.807) is 0 Å². The summed E-state index contributed by atoms with van der Waals surface area (Å²) in [4.78, 5) is 16.3.